The Labute approximate surface area is 192 Å². The molecule has 0 N–H and O–H groups in total. The number of carbonyl (C=O) groups is 1. The smallest absolute Gasteiger partial charge is 0.356 e. The summed E-state index contributed by atoms with van der Waals surface area (Å²) in [6.07, 6.45) is 0. The van der Waals surface area contributed by atoms with Crippen LogP contribution in [0.4, 0.5) is 0 Å². The Morgan fingerprint density at radius 3 is 2.21 bits per heavy atom. The van der Waals surface area contributed by atoms with E-state index in [1.807, 2.05) is 30.3 Å². The molecule has 1 heterocycles. The molecule has 4 aromatic rings. The predicted octanol–water partition coefficient (Wildman–Crippen LogP) is 4.64. The number of aromatic nitrogens is 1. The number of hydrogen-bond acceptors (Lipinski definition) is 6. The van der Waals surface area contributed by atoms with Crippen LogP contribution < -0.4 is 9.47 Å². The van der Waals surface area contributed by atoms with Gasteiger partial charge in [-0.2, -0.15) is 0 Å². The Morgan fingerprint density at radius 1 is 0.909 bits per heavy atom. The Balaban J connectivity index is 1.87. The van der Waals surface area contributed by atoms with Crippen molar-refractivity contribution in [2.75, 3.05) is 13.7 Å². The third kappa shape index (κ3) is 4.42. The van der Waals surface area contributed by atoms with Gasteiger partial charge in [0.25, 0.3) is 10.0 Å². The van der Waals surface area contributed by atoms with Crippen LogP contribution in [0, 0.1) is 0 Å². The van der Waals surface area contributed by atoms with E-state index in [1.54, 1.807) is 37.3 Å². The summed E-state index contributed by atoms with van der Waals surface area (Å²) < 4.78 is 44.6. The lowest BCUT2D eigenvalue weighted by Gasteiger charge is -2.14. The molecule has 4 rings (SSSR count). The Kier molecular flexibility index (Phi) is 6.37. The predicted molar refractivity (Wildman–Crippen MR) is 124 cm³/mol. The first kappa shape index (κ1) is 22.4. The highest BCUT2D eigenvalue weighted by atomic mass is 32.2. The van der Waals surface area contributed by atoms with E-state index >= 15 is 0 Å². The highest BCUT2D eigenvalue weighted by molar-refractivity contribution is 7.90. The van der Waals surface area contributed by atoms with E-state index < -0.39 is 16.0 Å². The van der Waals surface area contributed by atoms with Gasteiger partial charge in [-0.05, 0) is 36.8 Å². The molecule has 0 bridgehead atoms. The van der Waals surface area contributed by atoms with Crippen molar-refractivity contribution in [2.24, 2.45) is 0 Å². The molecule has 8 heteroatoms. The van der Waals surface area contributed by atoms with Crippen molar-refractivity contribution in [1.29, 1.82) is 0 Å². The number of nitrogens with zero attached hydrogens (tertiary/aromatic N) is 1. The molecule has 0 saturated heterocycles. The van der Waals surface area contributed by atoms with E-state index in [-0.39, 0.29) is 22.7 Å². The van der Waals surface area contributed by atoms with Crippen LogP contribution in [-0.2, 0) is 21.4 Å². The number of hydrogen-bond donors (Lipinski definition) is 0. The average molecular weight is 466 g/mol. The van der Waals surface area contributed by atoms with Crippen molar-refractivity contribution in [1.82, 2.24) is 3.97 Å². The van der Waals surface area contributed by atoms with Crippen LogP contribution in [-0.4, -0.2) is 32.1 Å². The molecule has 0 aliphatic carbocycles. The number of esters is 1. The van der Waals surface area contributed by atoms with E-state index in [4.69, 9.17) is 14.2 Å². The summed E-state index contributed by atoms with van der Waals surface area (Å²) in [4.78, 5) is 12.7. The van der Waals surface area contributed by atoms with Crippen LogP contribution in [0.1, 0.15) is 23.0 Å². The van der Waals surface area contributed by atoms with E-state index in [0.29, 0.717) is 23.5 Å². The number of carbonyl (C=O) groups excluding carboxylic acids is 1. The number of ether oxygens (including phenoxy) is 3. The summed E-state index contributed by atoms with van der Waals surface area (Å²) in [5.41, 5.74) is 1.15. The average Bonchev–Trinajstić information content (AvgIpc) is 3.22. The lowest BCUT2D eigenvalue weighted by atomic mass is 10.2. The minimum absolute atomic E-state index is 0.0522. The first-order valence-corrected chi connectivity index (χ1v) is 11.8. The topological polar surface area (TPSA) is 83.8 Å². The molecule has 0 unspecified atom stereocenters. The molecule has 33 heavy (non-hydrogen) atoms. The third-order valence-electron chi connectivity index (χ3n) is 5.05. The summed E-state index contributed by atoms with van der Waals surface area (Å²) in [5, 5.41) is 0.501. The van der Waals surface area contributed by atoms with Crippen LogP contribution in [0.3, 0.4) is 0 Å². The SMILES string of the molecule is CCOC(=O)c1cc2cc(OCc3ccccc3)c(OC)cc2n1S(=O)(=O)c1ccccc1. The van der Waals surface area contributed by atoms with Crippen LogP contribution >= 0.6 is 0 Å². The fraction of sp³-hybridized carbons (Fsp3) is 0.160. The van der Waals surface area contributed by atoms with Gasteiger partial charge in [0.05, 0.1) is 24.1 Å². The van der Waals surface area contributed by atoms with Gasteiger partial charge < -0.3 is 14.2 Å². The van der Waals surface area contributed by atoms with Crippen LogP contribution in [0.15, 0.2) is 83.8 Å². The molecule has 0 aliphatic rings. The second kappa shape index (κ2) is 9.38. The van der Waals surface area contributed by atoms with Crippen molar-refractivity contribution in [3.05, 3.63) is 90.1 Å². The van der Waals surface area contributed by atoms with Crippen molar-refractivity contribution in [3.8, 4) is 11.5 Å². The summed E-state index contributed by atoms with van der Waals surface area (Å²) in [6, 6.07) is 22.3. The van der Waals surface area contributed by atoms with Gasteiger partial charge in [-0.1, -0.05) is 48.5 Å². The van der Waals surface area contributed by atoms with Gasteiger partial charge in [0.15, 0.2) is 11.5 Å². The van der Waals surface area contributed by atoms with Gasteiger partial charge in [-0.15, -0.1) is 0 Å². The summed E-state index contributed by atoms with van der Waals surface area (Å²) in [6.45, 7) is 2.08. The number of rotatable bonds is 8. The Morgan fingerprint density at radius 2 is 1.58 bits per heavy atom. The molecule has 0 amide bonds. The fourth-order valence-corrected chi connectivity index (χ4v) is 5.02. The molecule has 0 saturated carbocycles. The van der Waals surface area contributed by atoms with Gasteiger partial charge in [0, 0.05) is 11.5 Å². The normalized spacial score (nSPS) is 11.3. The zero-order chi connectivity index (χ0) is 23.4. The van der Waals surface area contributed by atoms with Gasteiger partial charge >= 0.3 is 5.97 Å². The summed E-state index contributed by atoms with van der Waals surface area (Å²) in [5.74, 6) is 0.0360. The molecule has 1 aromatic heterocycles. The maximum absolute atomic E-state index is 13.5. The third-order valence-corrected chi connectivity index (χ3v) is 6.79. The van der Waals surface area contributed by atoms with E-state index in [2.05, 4.69) is 0 Å². The van der Waals surface area contributed by atoms with Crippen LogP contribution in [0.2, 0.25) is 0 Å². The first-order valence-electron chi connectivity index (χ1n) is 10.3. The fourth-order valence-electron chi connectivity index (χ4n) is 3.50. The number of methoxy groups -OCH3 is 1. The van der Waals surface area contributed by atoms with Crippen molar-refractivity contribution < 1.29 is 27.4 Å². The summed E-state index contributed by atoms with van der Waals surface area (Å²) >= 11 is 0. The highest BCUT2D eigenvalue weighted by Gasteiger charge is 2.28. The minimum atomic E-state index is -4.09. The van der Waals surface area contributed by atoms with Crippen molar-refractivity contribution >= 4 is 26.9 Å². The molecule has 0 atom stereocenters. The van der Waals surface area contributed by atoms with Gasteiger partial charge in [0.1, 0.15) is 12.3 Å². The number of benzene rings is 3. The summed E-state index contributed by atoms with van der Waals surface area (Å²) in [7, 11) is -2.62. The van der Waals surface area contributed by atoms with Gasteiger partial charge in [-0.3, -0.25) is 0 Å². The monoisotopic (exact) mass is 465 g/mol. The van der Waals surface area contributed by atoms with Crippen LogP contribution in [0.25, 0.3) is 10.9 Å². The number of fused-ring (bicyclic) bond motifs is 1. The van der Waals surface area contributed by atoms with Gasteiger partial charge in [0.2, 0.25) is 0 Å². The molecule has 0 fully saturated rings. The largest absolute Gasteiger partial charge is 0.493 e. The van der Waals surface area contributed by atoms with E-state index in [1.165, 1.54) is 25.3 Å². The molecule has 0 radical (unpaired) electrons. The molecular formula is C25H23NO6S. The quantitative estimate of drug-likeness (QED) is 0.353. The maximum Gasteiger partial charge on any atom is 0.356 e. The minimum Gasteiger partial charge on any atom is -0.493 e. The molecule has 170 valence electrons. The molecule has 7 nitrogen and oxygen atoms in total. The second-order valence-corrected chi connectivity index (χ2v) is 8.96. The zero-order valence-corrected chi connectivity index (χ0v) is 19.0. The molecule has 0 spiro atoms. The Hall–Kier alpha value is -3.78. The van der Waals surface area contributed by atoms with Gasteiger partial charge in [-0.25, -0.2) is 17.2 Å². The maximum atomic E-state index is 13.5. The molecular weight excluding hydrogens is 442 g/mol. The zero-order valence-electron chi connectivity index (χ0n) is 18.2. The lowest BCUT2D eigenvalue weighted by Crippen LogP contribution is -2.19. The first-order chi connectivity index (χ1) is 16.0. The Bertz CT molecular complexity index is 1380. The molecule has 3 aromatic carbocycles. The molecule has 0 aliphatic heterocycles. The van der Waals surface area contributed by atoms with Crippen LogP contribution in [0.5, 0.6) is 11.5 Å². The van der Waals surface area contributed by atoms with E-state index in [9.17, 15) is 13.2 Å². The van der Waals surface area contributed by atoms with E-state index in [0.717, 1.165) is 9.54 Å². The van der Waals surface area contributed by atoms with Crippen molar-refractivity contribution in [3.63, 3.8) is 0 Å². The standard InChI is InChI=1S/C25H23NO6S/c1-3-31-25(27)22-14-19-15-24(32-17-18-10-6-4-7-11-18)23(30-2)16-21(19)26(22)33(28,29)20-12-8-5-9-13-20/h4-16H,3,17H2,1-2H3. The highest BCUT2D eigenvalue weighted by Crippen LogP contribution is 2.36. The second-order valence-electron chi connectivity index (χ2n) is 7.17. The van der Waals surface area contributed by atoms with Crippen molar-refractivity contribution in [2.45, 2.75) is 18.4 Å². The lowest BCUT2D eigenvalue weighted by molar-refractivity contribution is 0.0518.